The van der Waals surface area contributed by atoms with Gasteiger partial charge < -0.3 is 20.1 Å². The van der Waals surface area contributed by atoms with Crippen LogP contribution in [0.2, 0.25) is 0 Å². The fraction of sp³-hybridized carbons (Fsp3) is 0.417. The second kappa shape index (κ2) is 8.88. The lowest BCUT2D eigenvalue weighted by atomic mass is 9.94. The SMILES string of the molecule is O=C(O)COc1ccc(C2(C(=O)N[C@H](CN3CCCC3)c3ccccc3)CC2)cc1. The van der Waals surface area contributed by atoms with Gasteiger partial charge >= 0.3 is 5.97 Å². The van der Waals surface area contributed by atoms with Crippen molar-refractivity contribution in [3.63, 3.8) is 0 Å². The Labute approximate surface area is 176 Å². The molecule has 1 saturated carbocycles. The van der Waals surface area contributed by atoms with Crippen LogP contribution in [0, 0.1) is 0 Å². The molecule has 0 aromatic heterocycles. The van der Waals surface area contributed by atoms with Gasteiger partial charge in [0.2, 0.25) is 5.91 Å². The Hall–Kier alpha value is -2.86. The van der Waals surface area contributed by atoms with Crippen LogP contribution in [0.4, 0.5) is 0 Å². The van der Waals surface area contributed by atoms with Crippen LogP contribution >= 0.6 is 0 Å². The number of nitrogens with one attached hydrogen (secondary N) is 1. The number of aliphatic carboxylic acids is 1. The molecule has 1 heterocycles. The summed E-state index contributed by atoms with van der Waals surface area (Å²) in [5.41, 5.74) is 1.59. The summed E-state index contributed by atoms with van der Waals surface area (Å²) in [6, 6.07) is 17.4. The quantitative estimate of drug-likeness (QED) is 0.667. The molecule has 0 unspecified atom stereocenters. The molecular formula is C24H28N2O4. The number of carboxylic acid groups (broad SMARTS) is 1. The number of hydrogen-bond acceptors (Lipinski definition) is 4. The molecular weight excluding hydrogens is 380 g/mol. The maximum Gasteiger partial charge on any atom is 0.341 e. The molecule has 6 nitrogen and oxygen atoms in total. The second-order valence-electron chi connectivity index (χ2n) is 8.23. The third-order valence-corrected chi connectivity index (χ3v) is 6.10. The number of carbonyl (C=O) groups is 2. The molecule has 1 aliphatic heterocycles. The average molecular weight is 408 g/mol. The van der Waals surface area contributed by atoms with Crippen molar-refractivity contribution in [1.29, 1.82) is 0 Å². The molecule has 4 rings (SSSR count). The molecule has 6 heteroatoms. The molecule has 1 saturated heterocycles. The molecule has 2 fully saturated rings. The molecule has 158 valence electrons. The van der Waals surface area contributed by atoms with E-state index in [-0.39, 0.29) is 18.6 Å². The zero-order valence-electron chi connectivity index (χ0n) is 17.0. The Balaban J connectivity index is 1.46. The number of nitrogens with zero attached hydrogens (tertiary/aromatic N) is 1. The zero-order valence-corrected chi connectivity index (χ0v) is 17.0. The van der Waals surface area contributed by atoms with Crippen LogP contribution in [0.25, 0.3) is 0 Å². The van der Waals surface area contributed by atoms with Crippen LogP contribution in [0.5, 0.6) is 5.75 Å². The molecule has 0 spiro atoms. The fourth-order valence-corrected chi connectivity index (χ4v) is 4.23. The minimum Gasteiger partial charge on any atom is -0.482 e. The molecule has 0 bridgehead atoms. The van der Waals surface area contributed by atoms with Crippen molar-refractivity contribution in [3.8, 4) is 5.75 Å². The van der Waals surface area contributed by atoms with Crippen LogP contribution < -0.4 is 10.1 Å². The van der Waals surface area contributed by atoms with Crippen LogP contribution in [-0.2, 0) is 15.0 Å². The van der Waals surface area contributed by atoms with Crippen LogP contribution in [0.3, 0.4) is 0 Å². The highest BCUT2D eigenvalue weighted by atomic mass is 16.5. The highest BCUT2D eigenvalue weighted by molar-refractivity contribution is 5.91. The van der Waals surface area contributed by atoms with Gasteiger partial charge in [0.15, 0.2) is 6.61 Å². The molecule has 2 aliphatic rings. The van der Waals surface area contributed by atoms with Gasteiger partial charge in [-0.05, 0) is 62.0 Å². The standard InChI is InChI=1S/C24H28N2O4/c27-22(28)17-30-20-10-8-19(9-11-20)24(12-13-24)23(29)25-21(16-26-14-4-5-15-26)18-6-2-1-3-7-18/h1-3,6-11,21H,4-5,12-17H2,(H,25,29)(H,27,28)/t21-/m1/s1. The van der Waals surface area contributed by atoms with Crippen molar-refractivity contribution < 1.29 is 19.4 Å². The van der Waals surface area contributed by atoms with Crippen LogP contribution in [0.1, 0.15) is 42.9 Å². The molecule has 2 aromatic rings. The number of likely N-dealkylation sites (tertiary alicyclic amines) is 1. The van der Waals surface area contributed by atoms with Gasteiger partial charge in [0.25, 0.3) is 0 Å². The lowest BCUT2D eigenvalue weighted by molar-refractivity contribution is -0.139. The lowest BCUT2D eigenvalue weighted by Gasteiger charge is -2.27. The van der Waals surface area contributed by atoms with Gasteiger partial charge in [0.1, 0.15) is 5.75 Å². The van der Waals surface area contributed by atoms with Gasteiger partial charge in [0.05, 0.1) is 11.5 Å². The Bertz CT molecular complexity index is 872. The first kappa shape index (κ1) is 20.4. The van der Waals surface area contributed by atoms with Crippen LogP contribution in [-0.4, -0.2) is 48.1 Å². The molecule has 2 aromatic carbocycles. The van der Waals surface area contributed by atoms with Crippen molar-refractivity contribution in [1.82, 2.24) is 10.2 Å². The summed E-state index contributed by atoms with van der Waals surface area (Å²) in [6.45, 7) is 2.62. The molecule has 1 atom stereocenters. The second-order valence-corrected chi connectivity index (χ2v) is 8.23. The predicted molar refractivity (Wildman–Crippen MR) is 113 cm³/mol. The van der Waals surface area contributed by atoms with E-state index < -0.39 is 11.4 Å². The van der Waals surface area contributed by atoms with Crippen molar-refractivity contribution >= 4 is 11.9 Å². The van der Waals surface area contributed by atoms with Gasteiger partial charge in [-0.15, -0.1) is 0 Å². The number of carboxylic acids is 1. The summed E-state index contributed by atoms with van der Waals surface area (Å²) >= 11 is 0. The summed E-state index contributed by atoms with van der Waals surface area (Å²) in [4.78, 5) is 26.4. The summed E-state index contributed by atoms with van der Waals surface area (Å²) in [7, 11) is 0. The average Bonchev–Trinajstić information content (AvgIpc) is 3.42. The van der Waals surface area contributed by atoms with E-state index in [1.54, 1.807) is 12.1 Å². The number of carbonyl (C=O) groups excluding carboxylic acids is 1. The van der Waals surface area contributed by atoms with Crippen molar-refractivity contribution in [2.24, 2.45) is 0 Å². The van der Waals surface area contributed by atoms with E-state index in [1.165, 1.54) is 12.8 Å². The minimum absolute atomic E-state index is 0.0348. The van der Waals surface area contributed by atoms with Gasteiger partial charge in [-0.3, -0.25) is 4.79 Å². The first-order valence-corrected chi connectivity index (χ1v) is 10.6. The Kier molecular flexibility index (Phi) is 6.04. The minimum atomic E-state index is -1.01. The smallest absolute Gasteiger partial charge is 0.341 e. The summed E-state index contributed by atoms with van der Waals surface area (Å²) in [5.74, 6) is -0.453. The highest BCUT2D eigenvalue weighted by Gasteiger charge is 2.51. The molecule has 1 aliphatic carbocycles. The summed E-state index contributed by atoms with van der Waals surface area (Å²) in [5, 5.41) is 12.1. The molecule has 0 radical (unpaired) electrons. The Morgan fingerprint density at radius 2 is 1.70 bits per heavy atom. The van der Waals surface area contributed by atoms with Crippen LogP contribution in [0.15, 0.2) is 54.6 Å². The van der Waals surface area contributed by atoms with E-state index in [0.29, 0.717) is 5.75 Å². The monoisotopic (exact) mass is 408 g/mol. The third kappa shape index (κ3) is 4.65. The lowest BCUT2D eigenvalue weighted by Crippen LogP contribution is -2.41. The first-order valence-electron chi connectivity index (χ1n) is 10.6. The molecule has 1 amide bonds. The topological polar surface area (TPSA) is 78.9 Å². The van der Waals surface area contributed by atoms with Crippen molar-refractivity contribution in [2.75, 3.05) is 26.2 Å². The zero-order chi connectivity index (χ0) is 21.0. The predicted octanol–water partition coefficient (Wildman–Crippen LogP) is 3.13. The molecule has 2 N–H and O–H groups in total. The number of ether oxygens (including phenoxy) is 1. The van der Waals surface area contributed by atoms with E-state index in [0.717, 1.165) is 43.6 Å². The summed E-state index contributed by atoms with van der Waals surface area (Å²) < 4.78 is 5.21. The Morgan fingerprint density at radius 1 is 1.03 bits per heavy atom. The van der Waals surface area contributed by atoms with Crippen molar-refractivity contribution in [3.05, 3.63) is 65.7 Å². The number of benzene rings is 2. The van der Waals surface area contributed by atoms with E-state index in [9.17, 15) is 9.59 Å². The summed E-state index contributed by atoms with van der Waals surface area (Å²) in [6.07, 6.45) is 4.07. The number of amides is 1. The van der Waals surface area contributed by atoms with Crippen molar-refractivity contribution in [2.45, 2.75) is 37.1 Å². The maximum absolute atomic E-state index is 13.3. The largest absolute Gasteiger partial charge is 0.482 e. The maximum atomic E-state index is 13.3. The van der Waals surface area contributed by atoms with Gasteiger partial charge in [-0.1, -0.05) is 42.5 Å². The fourth-order valence-electron chi connectivity index (χ4n) is 4.23. The highest BCUT2D eigenvalue weighted by Crippen LogP contribution is 2.49. The van der Waals surface area contributed by atoms with E-state index in [1.807, 2.05) is 30.3 Å². The van der Waals surface area contributed by atoms with E-state index in [4.69, 9.17) is 9.84 Å². The number of rotatable bonds is 9. The normalized spacial score (nSPS) is 18.5. The third-order valence-electron chi connectivity index (χ3n) is 6.10. The first-order chi connectivity index (χ1) is 14.6. The van der Waals surface area contributed by atoms with Gasteiger partial charge in [-0.25, -0.2) is 4.79 Å². The Morgan fingerprint density at radius 3 is 2.30 bits per heavy atom. The van der Waals surface area contributed by atoms with E-state index in [2.05, 4.69) is 22.3 Å². The molecule has 30 heavy (non-hydrogen) atoms. The number of hydrogen-bond donors (Lipinski definition) is 2. The van der Waals surface area contributed by atoms with Gasteiger partial charge in [0, 0.05) is 6.54 Å². The van der Waals surface area contributed by atoms with Gasteiger partial charge in [-0.2, -0.15) is 0 Å². The van der Waals surface area contributed by atoms with E-state index >= 15 is 0 Å².